The van der Waals surface area contributed by atoms with Crippen molar-refractivity contribution < 1.29 is 4.79 Å². The molecular formula is C14H24N4O2. The first kappa shape index (κ1) is 16.4. The number of hydrogen-bond acceptors (Lipinski definition) is 4. The average molecular weight is 280 g/mol. The molecule has 0 aliphatic carbocycles. The summed E-state index contributed by atoms with van der Waals surface area (Å²) in [6.07, 6.45) is 0.663. The van der Waals surface area contributed by atoms with Gasteiger partial charge >= 0.3 is 0 Å². The Bertz CT molecular complexity index is 541. The molecule has 20 heavy (non-hydrogen) atoms. The molecule has 0 aliphatic rings. The second-order valence-electron chi connectivity index (χ2n) is 6.15. The minimum absolute atomic E-state index is 0.0103. The van der Waals surface area contributed by atoms with E-state index in [2.05, 4.69) is 15.3 Å². The summed E-state index contributed by atoms with van der Waals surface area (Å²) in [5, 5.41) is 2.69. The number of nitrogens with one attached hydrogen (secondary N) is 2. The number of aromatic amines is 1. The molecule has 6 heteroatoms. The molecule has 1 aromatic heterocycles. The van der Waals surface area contributed by atoms with Gasteiger partial charge in [0, 0.05) is 18.0 Å². The zero-order valence-corrected chi connectivity index (χ0v) is 12.8. The van der Waals surface area contributed by atoms with E-state index in [-0.39, 0.29) is 17.0 Å². The number of nitrogens with zero attached hydrogens (tertiary/aromatic N) is 1. The van der Waals surface area contributed by atoms with Gasteiger partial charge in [-0.25, -0.2) is 4.98 Å². The third-order valence-corrected chi connectivity index (χ3v) is 2.92. The third-order valence-electron chi connectivity index (χ3n) is 2.92. The van der Waals surface area contributed by atoms with Gasteiger partial charge in [-0.1, -0.05) is 20.8 Å². The van der Waals surface area contributed by atoms with Crippen molar-refractivity contribution in [2.24, 2.45) is 5.73 Å². The second-order valence-corrected chi connectivity index (χ2v) is 6.15. The zero-order valence-electron chi connectivity index (χ0n) is 12.8. The van der Waals surface area contributed by atoms with Gasteiger partial charge < -0.3 is 16.0 Å². The van der Waals surface area contributed by atoms with Crippen LogP contribution in [0.15, 0.2) is 4.79 Å². The highest BCUT2D eigenvalue weighted by atomic mass is 16.2. The molecule has 4 N–H and O–H groups in total. The van der Waals surface area contributed by atoms with Crippen molar-refractivity contribution in [3.05, 3.63) is 27.4 Å². The molecule has 0 radical (unpaired) electrons. The molecule has 1 atom stereocenters. The summed E-state index contributed by atoms with van der Waals surface area (Å²) in [7, 11) is 0. The number of carbonyl (C=O) groups excluding carboxylic acids is 1. The van der Waals surface area contributed by atoms with E-state index < -0.39 is 11.5 Å². The number of rotatable bonds is 4. The summed E-state index contributed by atoms with van der Waals surface area (Å²) in [6.45, 7) is 9.83. The van der Waals surface area contributed by atoms with Crippen molar-refractivity contribution in [2.75, 3.05) is 6.54 Å². The van der Waals surface area contributed by atoms with Crippen LogP contribution in [-0.4, -0.2) is 28.5 Å². The first-order valence-electron chi connectivity index (χ1n) is 6.78. The summed E-state index contributed by atoms with van der Waals surface area (Å²) < 4.78 is 0. The minimum atomic E-state index is -0.405. The lowest BCUT2D eigenvalue weighted by Crippen LogP contribution is -2.35. The first-order valence-corrected chi connectivity index (χ1v) is 6.78. The van der Waals surface area contributed by atoms with E-state index in [4.69, 9.17) is 5.73 Å². The van der Waals surface area contributed by atoms with E-state index >= 15 is 0 Å². The van der Waals surface area contributed by atoms with Crippen LogP contribution in [0.1, 0.15) is 56.0 Å². The Balaban J connectivity index is 2.97. The van der Waals surface area contributed by atoms with Gasteiger partial charge in [0.05, 0.1) is 5.69 Å². The lowest BCUT2D eigenvalue weighted by Gasteiger charge is -2.18. The largest absolute Gasteiger partial charge is 0.352 e. The topological polar surface area (TPSA) is 101 Å². The van der Waals surface area contributed by atoms with E-state index in [0.29, 0.717) is 24.5 Å². The van der Waals surface area contributed by atoms with Crippen molar-refractivity contribution >= 4 is 5.91 Å². The Kier molecular flexibility index (Phi) is 5.05. The highest BCUT2D eigenvalue weighted by molar-refractivity contribution is 5.94. The van der Waals surface area contributed by atoms with Gasteiger partial charge in [-0.3, -0.25) is 9.59 Å². The number of aryl methyl sites for hydroxylation is 1. The van der Waals surface area contributed by atoms with Gasteiger partial charge in [0.15, 0.2) is 0 Å². The predicted octanol–water partition coefficient (Wildman–Crippen LogP) is 0.843. The maximum atomic E-state index is 12.1. The van der Waals surface area contributed by atoms with Crippen molar-refractivity contribution in [1.82, 2.24) is 15.3 Å². The summed E-state index contributed by atoms with van der Waals surface area (Å²) in [5.74, 6) is 0.171. The quantitative estimate of drug-likeness (QED) is 0.760. The van der Waals surface area contributed by atoms with E-state index in [9.17, 15) is 9.59 Å². The van der Waals surface area contributed by atoms with Crippen LogP contribution < -0.4 is 16.6 Å². The fraction of sp³-hybridized carbons (Fsp3) is 0.643. The Labute approximate surface area is 119 Å². The van der Waals surface area contributed by atoms with Crippen LogP contribution in [0.2, 0.25) is 0 Å². The predicted molar refractivity (Wildman–Crippen MR) is 78.9 cm³/mol. The molecule has 0 bridgehead atoms. The van der Waals surface area contributed by atoms with Gasteiger partial charge in [-0.05, 0) is 20.3 Å². The summed E-state index contributed by atoms with van der Waals surface area (Å²) in [4.78, 5) is 31.1. The standard InChI is InChI=1S/C14H24N4O2/c1-8(15)6-7-16-11(19)10-9(2)17-13(14(3,4)5)18-12(10)20/h8H,6-7,15H2,1-5H3,(H,16,19)(H,17,18,20). The average Bonchev–Trinajstić information content (AvgIpc) is 2.26. The number of amides is 1. The maximum Gasteiger partial charge on any atom is 0.264 e. The van der Waals surface area contributed by atoms with Crippen molar-refractivity contribution in [2.45, 2.75) is 52.5 Å². The smallest absolute Gasteiger partial charge is 0.264 e. The number of hydrogen-bond donors (Lipinski definition) is 3. The lowest BCUT2D eigenvalue weighted by atomic mass is 9.95. The third kappa shape index (κ3) is 4.16. The van der Waals surface area contributed by atoms with Gasteiger partial charge in [0.25, 0.3) is 11.5 Å². The summed E-state index contributed by atoms with van der Waals surface area (Å²) >= 11 is 0. The number of aromatic nitrogens is 2. The fourth-order valence-electron chi connectivity index (χ4n) is 1.71. The monoisotopic (exact) mass is 280 g/mol. The van der Waals surface area contributed by atoms with Crippen LogP contribution >= 0.6 is 0 Å². The van der Waals surface area contributed by atoms with E-state index in [1.165, 1.54) is 0 Å². The molecule has 0 saturated heterocycles. The molecule has 1 aromatic rings. The fourth-order valence-corrected chi connectivity index (χ4v) is 1.71. The zero-order chi connectivity index (χ0) is 15.5. The van der Waals surface area contributed by atoms with Crippen LogP contribution in [0, 0.1) is 6.92 Å². The molecule has 1 heterocycles. The van der Waals surface area contributed by atoms with Crippen molar-refractivity contribution in [1.29, 1.82) is 0 Å². The first-order chi connectivity index (χ1) is 9.12. The highest BCUT2D eigenvalue weighted by Crippen LogP contribution is 2.17. The molecule has 0 spiro atoms. The number of H-pyrrole nitrogens is 1. The number of carbonyl (C=O) groups is 1. The molecule has 1 unspecified atom stereocenters. The molecule has 1 amide bonds. The Morgan fingerprint density at radius 3 is 2.50 bits per heavy atom. The molecule has 6 nitrogen and oxygen atoms in total. The molecule has 0 saturated carbocycles. The molecule has 0 fully saturated rings. The normalized spacial score (nSPS) is 13.1. The van der Waals surface area contributed by atoms with Crippen LogP contribution in [0.25, 0.3) is 0 Å². The van der Waals surface area contributed by atoms with Gasteiger partial charge in [0.2, 0.25) is 0 Å². The van der Waals surface area contributed by atoms with E-state index in [1.54, 1.807) is 6.92 Å². The molecule has 112 valence electrons. The van der Waals surface area contributed by atoms with Crippen LogP contribution in [0.3, 0.4) is 0 Å². The Morgan fingerprint density at radius 2 is 2.05 bits per heavy atom. The molecule has 0 aromatic carbocycles. The van der Waals surface area contributed by atoms with Gasteiger partial charge in [-0.2, -0.15) is 0 Å². The van der Waals surface area contributed by atoms with Gasteiger partial charge in [-0.15, -0.1) is 0 Å². The summed E-state index contributed by atoms with van der Waals surface area (Å²) in [5.41, 5.74) is 5.45. The molecule has 1 rings (SSSR count). The van der Waals surface area contributed by atoms with E-state index in [0.717, 1.165) is 0 Å². The Hall–Kier alpha value is -1.69. The Morgan fingerprint density at radius 1 is 1.45 bits per heavy atom. The molecule has 0 aliphatic heterocycles. The SMILES string of the molecule is Cc1nc(C(C)(C)C)[nH]c(=O)c1C(=O)NCCC(C)N. The van der Waals surface area contributed by atoms with Crippen molar-refractivity contribution in [3.8, 4) is 0 Å². The van der Waals surface area contributed by atoms with Crippen LogP contribution in [0.5, 0.6) is 0 Å². The highest BCUT2D eigenvalue weighted by Gasteiger charge is 2.21. The maximum absolute atomic E-state index is 12.1. The molecular weight excluding hydrogens is 256 g/mol. The lowest BCUT2D eigenvalue weighted by molar-refractivity contribution is 0.0950. The van der Waals surface area contributed by atoms with E-state index in [1.807, 2.05) is 27.7 Å². The van der Waals surface area contributed by atoms with Crippen molar-refractivity contribution in [3.63, 3.8) is 0 Å². The second kappa shape index (κ2) is 6.17. The van der Waals surface area contributed by atoms with Gasteiger partial charge in [0.1, 0.15) is 11.4 Å². The number of nitrogens with two attached hydrogens (primary N) is 1. The van der Waals surface area contributed by atoms with Crippen LogP contribution in [0.4, 0.5) is 0 Å². The summed E-state index contributed by atoms with van der Waals surface area (Å²) in [6, 6.07) is 0.0103. The minimum Gasteiger partial charge on any atom is -0.352 e. The van der Waals surface area contributed by atoms with Crippen LogP contribution in [-0.2, 0) is 5.41 Å².